The molecule has 0 radical (unpaired) electrons. The molecule has 5 nitrogen and oxygen atoms in total. The van der Waals surface area contributed by atoms with Gasteiger partial charge in [0.05, 0.1) is 21.8 Å². The van der Waals surface area contributed by atoms with Crippen LogP contribution in [0, 0.1) is 0 Å². The van der Waals surface area contributed by atoms with Crippen LogP contribution in [0.2, 0.25) is 0 Å². The molecule has 3 aromatic carbocycles. The molecule has 1 amide bonds. The van der Waals surface area contributed by atoms with Crippen molar-refractivity contribution in [1.29, 1.82) is 0 Å². The van der Waals surface area contributed by atoms with E-state index in [2.05, 4.69) is 31.3 Å². The van der Waals surface area contributed by atoms with Crippen LogP contribution in [0.15, 0.2) is 106 Å². The van der Waals surface area contributed by atoms with Gasteiger partial charge in [-0.25, -0.2) is 4.99 Å². The van der Waals surface area contributed by atoms with Crippen molar-refractivity contribution in [1.82, 2.24) is 4.57 Å². The topological polar surface area (TPSA) is 63.5 Å². The zero-order valence-electron chi connectivity index (χ0n) is 20.4. The maximum atomic E-state index is 13.7. The smallest absolute Gasteiger partial charge is 0.271 e. The maximum Gasteiger partial charge on any atom is 0.271 e. The van der Waals surface area contributed by atoms with Crippen molar-refractivity contribution in [3.63, 3.8) is 0 Å². The molecule has 1 N–H and O–H groups in total. The lowest BCUT2D eigenvalue weighted by molar-refractivity contribution is -0.113. The van der Waals surface area contributed by atoms with Crippen LogP contribution in [0.4, 0.5) is 5.69 Å². The van der Waals surface area contributed by atoms with Crippen molar-refractivity contribution in [3.8, 4) is 0 Å². The standard InChI is InChI=1S/C30H27N3O2S/c1-19(2)22-16-14-21(15-17-22)18-25-29(35)33-27(23-10-6-4-7-11-23)26(20(3)31-30(33)36-25)28(34)32-24-12-8-5-9-13-24/h4-19,27H,1-3H3,(H,32,34). The predicted molar refractivity (Wildman–Crippen MR) is 146 cm³/mol. The van der Waals surface area contributed by atoms with Crippen molar-refractivity contribution >= 4 is 29.0 Å². The number of aromatic nitrogens is 1. The van der Waals surface area contributed by atoms with E-state index in [1.54, 1.807) is 4.57 Å². The van der Waals surface area contributed by atoms with Crippen molar-refractivity contribution in [2.75, 3.05) is 5.32 Å². The molecule has 1 aliphatic rings. The number of benzene rings is 3. The summed E-state index contributed by atoms with van der Waals surface area (Å²) >= 11 is 1.35. The molecule has 0 fully saturated rings. The highest BCUT2D eigenvalue weighted by Crippen LogP contribution is 2.30. The van der Waals surface area contributed by atoms with Crippen LogP contribution in [-0.2, 0) is 4.79 Å². The fourth-order valence-electron chi connectivity index (χ4n) is 4.41. The Balaban J connectivity index is 1.63. The third kappa shape index (κ3) is 4.60. The molecule has 1 aliphatic heterocycles. The second kappa shape index (κ2) is 9.91. The van der Waals surface area contributed by atoms with E-state index in [9.17, 15) is 9.59 Å². The van der Waals surface area contributed by atoms with E-state index in [1.807, 2.05) is 85.8 Å². The van der Waals surface area contributed by atoms with Gasteiger partial charge in [-0.2, -0.15) is 0 Å². The van der Waals surface area contributed by atoms with E-state index in [4.69, 9.17) is 4.99 Å². The van der Waals surface area contributed by atoms with Gasteiger partial charge in [-0.15, -0.1) is 0 Å². The van der Waals surface area contributed by atoms with Gasteiger partial charge >= 0.3 is 0 Å². The molecule has 1 aromatic heterocycles. The van der Waals surface area contributed by atoms with E-state index in [1.165, 1.54) is 16.9 Å². The number of nitrogens with one attached hydrogen (secondary N) is 1. The predicted octanol–water partition coefficient (Wildman–Crippen LogP) is 5.00. The lowest BCUT2D eigenvalue weighted by Crippen LogP contribution is -2.40. The average Bonchev–Trinajstić information content (AvgIpc) is 3.18. The SMILES string of the molecule is CC1=C(C(=O)Nc2ccccc2)C(c2ccccc2)n2c(sc(=Cc3ccc(C(C)C)cc3)c2=O)=N1. The van der Waals surface area contributed by atoms with Crippen LogP contribution < -0.4 is 20.2 Å². The van der Waals surface area contributed by atoms with Crippen molar-refractivity contribution in [3.05, 3.63) is 133 Å². The first kappa shape index (κ1) is 23.7. The summed E-state index contributed by atoms with van der Waals surface area (Å²) in [5.41, 5.74) is 4.67. The summed E-state index contributed by atoms with van der Waals surface area (Å²) in [5, 5.41) is 2.98. The molecule has 4 aromatic rings. The Morgan fingerprint density at radius 3 is 2.25 bits per heavy atom. The minimum absolute atomic E-state index is 0.155. The van der Waals surface area contributed by atoms with Gasteiger partial charge in [-0.1, -0.05) is 98.0 Å². The lowest BCUT2D eigenvalue weighted by Gasteiger charge is -2.25. The molecular weight excluding hydrogens is 466 g/mol. The monoisotopic (exact) mass is 493 g/mol. The number of hydrogen-bond donors (Lipinski definition) is 1. The zero-order valence-corrected chi connectivity index (χ0v) is 21.3. The summed E-state index contributed by atoms with van der Waals surface area (Å²) < 4.78 is 2.24. The molecule has 0 spiro atoms. The number of para-hydroxylation sites is 1. The molecule has 180 valence electrons. The van der Waals surface area contributed by atoms with Gasteiger partial charge in [0.25, 0.3) is 11.5 Å². The van der Waals surface area contributed by atoms with Crippen LogP contribution in [0.3, 0.4) is 0 Å². The van der Waals surface area contributed by atoms with Crippen LogP contribution in [0.5, 0.6) is 0 Å². The number of fused-ring (bicyclic) bond motifs is 1. The average molecular weight is 494 g/mol. The third-order valence-corrected chi connectivity index (χ3v) is 7.30. The second-order valence-electron chi connectivity index (χ2n) is 9.13. The first-order valence-electron chi connectivity index (χ1n) is 12.0. The highest BCUT2D eigenvalue weighted by molar-refractivity contribution is 7.07. The Bertz CT molecular complexity index is 1610. The molecule has 0 bridgehead atoms. The van der Waals surface area contributed by atoms with E-state index in [-0.39, 0.29) is 11.5 Å². The molecular formula is C30H27N3O2S. The summed E-state index contributed by atoms with van der Waals surface area (Å²) in [7, 11) is 0. The largest absolute Gasteiger partial charge is 0.322 e. The fraction of sp³-hybridized carbons (Fsp3) is 0.167. The van der Waals surface area contributed by atoms with Crippen LogP contribution >= 0.6 is 11.3 Å². The number of allylic oxidation sites excluding steroid dienone is 1. The summed E-state index contributed by atoms with van der Waals surface area (Å²) in [6.45, 7) is 6.15. The van der Waals surface area contributed by atoms with Crippen molar-refractivity contribution in [2.45, 2.75) is 32.7 Å². The highest BCUT2D eigenvalue weighted by atomic mass is 32.1. The van der Waals surface area contributed by atoms with Gasteiger partial charge in [0.15, 0.2) is 4.80 Å². The van der Waals surface area contributed by atoms with Gasteiger partial charge in [0, 0.05) is 5.69 Å². The quantitative estimate of drug-likeness (QED) is 0.425. The Kier molecular flexibility index (Phi) is 6.53. The minimum Gasteiger partial charge on any atom is -0.322 e. The van der Waals surface area contributed by atoms with Gasteiger partial charge < -0.3 is 5.32 Å². The molecule has 1 unspecified atom stereocenters. The number of carbonyl (C=O) groups is 1. The number of carbonyl (C=O) groups excluding carboxylic acids is 1. The van der Waals surface area contributed by atoms with Crippen molar-refractivity contribution < 1.29 is 4.79 Å². The van der Waals surface area contributed by atoms with Gasteiger partial charge in [-0.05, 0) is 47.7 Å². The molecule has 0 saturated carbocycles. The summed E-state index contributed by atoms with van der Waals surface area (Å²) in [6, 6.07) is 26.7. The molecule has 36 heavy (non-hydrogen) atoms. The third-order valence-electron chi connectivity index (χ3n) is 6.31. The lowest BCUT2D eigenvalue weighted by atomic mass is 9.95. The number of rotatable bonds is 5. The number of hydrogen-bond acceptors (Lipinski definition) is 4. The Morgan fingerprint density at radius 1 is 0.972 bits per heavy atom. The number of nitrogens with zero attached hydrogens (tertiary/aromatic N) is 2. The highest BCUT2D eigenvalue weighted by Gasteiger charge is 2.32. The summed E-state index contributed by atoms with van der Waals surface area (Å²) in [4.78, 5) is 32.6. The van der Waals surface area contributed by atoms with Gasteiger partial charge in [0.1, 0.15) is 0 Å². The van der Waals surface area contributed by atoms with Crippen LogP contribution in [0.1, 0.15) is 49.4 Å². The first-order valence-corrected chi connectivity index (χ1v) is 12.8. The Hall–Kier alpha value is -4.03. The Morgan fingerprint density at radius 2 is 1.61 bits per heavy atom. The second-order valence-corrected chi connectivity index (χ2v) is 10.1. The number of anilines is 1. The zero-order chi connectivity index (χ0) is 25.2. The molecule has 5 rings (SSSR count). The maximum absolute atomic E-state index is 13.7. The minimum atomic E-state index is -0.573. The molecule has 0 saturated heterocycles. The van der Waals surface area contributed by atoms with E-state index >= 15 is 0 Å². The molecule has 1 atom stereocenters. The molecule has 6 heteroatoms. The van der Waals surface area contributed by atoms with Gasteiger partial charge in [0.2, 0.25) is 0 Å². The first-order chi connectivity index (χ1) is 17.4. The van der Waals surface area contributed by atoms with Crippen LogP contribution in [0.25, 0.3) is 6.08 Å². The van der Waals surface area contributed by atoms with Gasteiger partial charge in [-0.3, -0.25) is 14.2 Å². The fourth-order valence-corrected chi connectivity index (χ4v) is 5.46. The normalized spacial score (nSPS) is 15.6. The number of amides is 1. The molecule has 0 aliphatic carbocycles. The molecule has 2 heterocycles. The Labute approximate surface area is 213 Å². The van der Waals surface area contributed by atoms with E-state index in [0.717, 1.165) is 11.1 Å². The summed E-state index contributed by atoms with van der Waals surface area (Å²) in [6.07, 6.45) is 1.90. The van der Waals surface area contributed by atoms with E-state index in [0.29, 0.717) is 32.2 Å². The number of thiazole rings is 1. The summed E-state index contributed by atoms with van der Waals surface area (Å²) in [5.74, 6) is 0.175. The van der Waals surface area contributed by atoms with E-state index < -0.39 is 6.04 Å². The van der Waals surface area contributed by atoms with Crippen molar-refractivity contribution in [2.24, 2.45) is 4.99 Å². The van der Waals surface area contributed by atoms with Crippen LogP contribution in [-0.4, -0.2) is 10.5 Å².